The summed E-state index contributed by atoms with van der Waals surface area (Å²) in [6, 6.07) is 10.6. The molecule has 1 amide bonds. The van der Waals surface area contributed by atoms with Crippen LogP contribution in [-0.4, -0.2) is 17.4 Å². The van der Waals surface area contributed by atoms with E-state index in [9.17, 15) is 14.9 Å². The topological polar surface area (TPSA) is 81.5 Å². The highest BCUT2D eigenvalue weighted by molar-refractivity contribution is 6.31. The van der Waals surface area contributed by atoms with E-state index in [4.69, 9.17) is 16.3 Å². The lowest BCUT2D eigenvalue weighted by Gasteiger charge is -2.07. The second-order valence-electron chi connectivity index (χ2n) is 4.33. The van der Waals surface area contributed by atoms with E-state index in [1.807, 2.05) is 6.92 Å². The Morgan fingerprint density at radius 2 is 1.95 bits per heavy atom. The molecule has 0 bridgehead atoms. The third-order valence-electron chi connectivity index (χ3n) is 2.82. The Hall–Kier alpha value is -2.60. The summed E-state index contributed by atoms with van der Waals surface area (Å²) in [7, 11) is 0. The fourth-order valence-corrected chi connectivity index (χ4v) is 2.01. The quantitative estimate of drug-likeness (QED) is 0.669. The smallest absolute Gasteiger partial charge is 0.283 e. The number of hydrogen-bond donors (Lipinski definition) is 1. The van der Waals surface area contributed by atoms with E-state index in [2.05, 4.69) is 5.32 Å². The molecule has 2 rings (SSSR count). The van der Waals surface area contributed by atoms with Crippen molar-refractivity contribution >= 4 is 28.9 Å². The molecule has 7 heteroatoms. The Morgan fingerprint density at radius 3 is 2.55 bits per heavy atom. The van der Waals surface area contributed by atoms with E-state index in [-0.39, 0.29) is 16.3 Å². The Kier molecular flexibility index (Phi) is 4.95. The average Bonchev–Trinajstić information content (AvgIpc) is 2.49. The molecule has 0 spiro atoms. The van der Waals surface area contributed by atoms with Gasteiger partial charge < -0.3 is 10.1 Å². The van der Waals surface area contributed by atoms with Crippen molar-refractivity contribution in [1.29, 1.82) is 0 Å². The number of hydrogen-bond acceptors (Lipinski definition) is 4. The van der Waals surface area contributed by atoms with Crippen molar-refractivity contribution in [2.24, 2.45) is 0 Å². The van der Waals surface area contributed by atoms with Crippen LogP contribution in [0.15, 0.2) is 42.5 Å². The molecule has 0 aliphatic rings. The van der Waals surface area contributed by atoms with Gasteiger partial charge in [0.05, 0.1) is 11.5 Å². The Bertz CT molecular complexity index is 701. The molecule has 0 aliphatic carbocycles. The summed E-state index contributed by atoms with van der Waals surface area (Å²) in [5.41, 5.74) is 0.122. The first kappa shape index (κ1) is 15.8. The number of halogens is 1. The summed E-state index contributed by atoms with van der Waals surface area (Å²) in [6.45, 7) is 2.41. The fraction of sp³-hybridized carbons (Fsp3) is 0.133. The minimum Gasteiger partial charge on any atom is -0.494 e. The molecule has 2 aromatic rings. The molecule has 2 aromatic carbocycles. The molecule has 0 aliphatic heterocycles. The predicted molar refractivity (Wildman–Crippen MR) is 83.7 cm³/mol. The molecular formula is C15H13ClN2O4. The summed E-state index contributed by atoms with van der Waals surface area (Å²) in [5.74, 6) is 0.102. The number of rotatable bonds is 5. The van der Waals surface area contributed by atoms with E-state index in [1.165, 1.54) is 12.1 Å². The molecule has 0 atom stereocenters. The van der Waals surface area contributed by atoms with Gasteiger partial charge >= 0.3 is 0 Å². The zero-order chi connectivity index (χ0) is 16.1. The van der Waals surface area contributed by atoms with Crippen LogP contribution in [0.2, 0.25) is 5.02 Å². The van der Waals surface area contributed by atoms with Crippen LogP contribution in [0.5, 0.6) is 5.75 Å². The molecule has 1 N–H and O–H groups in total. The minimum atomic E-state index is -0.640. The molecule has 0 unspecified atom stereocenters. The summed E-state index contributed by atoms with van der Waals surface area (Å²) in [6.07, 6.45) is 0. The lowest BCUT2D eigenvalue weighted by Crippen LogP contribution is -2.13. The van der Waals surface area contributed by atoms with Crippen LogP contribution in [-0.2, 0) is 0 Å². The number of nitrogens with one attached hydrogen (secondary N) is 1. The number of carbonyl (C=O) groups excluding carboxylic acids is 1. The maximum absolute atomic E-state index is 12.2. The summed E-state index contributed by atoms with van der Waals surface area (Å²) >= 11 is 5.72. The zero-order valence-electron chi connectivity index (χ0n) is 11.7. The fourth-order valence-electron chi connectivity index (χ4n) is 1.85. The van der Waals surface area contributed by atoms with E-state index in [0.717, 1.165) is 6.07 Å². The van der Waals surface area contributed by atoms with E-state index in [1.54, 1.807) is 24.3 Å². The monoisotopic (exact) mass is 320 g/mol. The lowest BCUT2D eigenvalue weighted by molar-refractivity contribution is -0.385. The highest BCUT2D eigenvalue weighted by Crippen LogP contribution is 2.24. The number of benzene rings is 2. The highest BCUT2D eigenvalue weighted by atomic mass is 35.5. The maximum Gasteiger partial charge on any atom is 0.283 e. The van der Waals surface area contributed by atoms with Gasteiger partial charge in [0.2, 0.25) is 0 Å². The van der Waals surface area contributed by atoms with Crippen molar-refractivity contribution in [3.63, 3.8) is 0 Å². The van der Waals surface area contributed by atoms with Gasteiger partial charge in [-0.3, -0.25) is 14.9 Å². The molecule has 0 radical (unpaired) electrons. The van der Waals surface area contributed by atoms with Crippen molar-refractivity contribution in [3.8, 4) is 5.75 Å². The van der Waals surface area contributed by atoms with Crippen LogP contribution < -0.4 is 10.1 Å². The molecule has 0 heterocycles. The van der Waals surface area contributed by atoms with Crippen LogP contribution in [0.25, 0.3) is 0 Å². The first-order valence-corrected chi connectivity index (χ1v) is 6.87. The van der Waals surface area contributed by atoms with Crippen LogP contribution in [0, 0.1) is 10.1 Å². The molecule has 0 saturated heterocycles. The van der Waals surface area contributed by atoms with Gasteiger partial charge in [-0.2, -0.15) is 0 Å². The van der Waals surface area contributed by atoms with Crippen LogP contribution in [0.4, 0.5) is 11.4 Å². The minimum absolute atomic E-state index is 0.0525. The molecule has 22 heavy (non-hydrogen) atoms. The third-order valence-corrected chi connectivity index (χ3v) is 3.06. The van der Waals surface area contributed by atoms with Gasteiger partial charge in [-0.1, -0.05) is 11.6 Å². The van der Waals surface area contributed by atoms with E-state index >= 15 is 0 Å². The number of ether oxygens (including phenoxy) is 1. The van der Waals surface area contributed by atoms with Crippen molar-refractivity contribution in [3.05, 3.63) is 63.2 Å². The summed E-state index contributed by atoms with van der Waals surface area (Å²) in [4.78, 5) is 22.5. The van der Waals surface area contributed by atoms with Gasteiger partial charge in [0.25, 0.3) is 11.6 Å². The van der Waals surface area contributed by atoms with Crippen LogP contribution in [0.1, 0.15) is 17.3 Å². The molecular weight excluding hydrogens is 308 g/mol. The Balaban J connectivity index is 2.20. The zero-order valence-corrected chi connectivity index (χ0v) is 12.5. The van der Waals surface area contributed by atoms with Gasteiger partial charge in [-0.15, -0.1) is 0 Å². The van der Waals surface area contributed by atoms with Gasteiger partial charge in [-0.25, -0.2) is 0 Å². The summed E-state index contributed by atoms with van der Waals surface area (Å²) in [5, 5.41) is 13.8. The molecule has 114 valence electrons. The van der Waals surface area contributed by atoms with Crippen molar-refractivity contribution in [1.82, 2.24) is 0 Å². The van der Waals surface area contributed by atoms with Crippen LogP contribution in [0.3, 0.4) is 0 Å². The first-order valence-electron chi connectivity index (χ1n) is 6.49. The van der Waals surface area contributed by atoms with E-state index < -0.39 is 10.8 Å². The van der Waals surface area contributed by atoms with Gasteiger partial charge in [0, 0.05) is 16.8 Å². The maximum atomic E-state index is 12.2. The number of anilines is 1. The standard InChI is InChI=1S/C15H13ClN2O4/c1-2-22-12-6-4-11(5-7-12)17-15(19)13-8-3-10(16)9-14(13)18(20)21/h3-9H,2H2,1H3,(H,17,19). The van der Waals surface area contributed by atoms with Gasteiger partial charge in [0.1, 0.15) is 11.3 Å². The number of nitrogens with zero attached hydrogens (tertiary/aromatic N) is 1. The molecule has 0 fully saturated rings. The van der Waals surface area contributed by atoms with Crippen molar-refractivity contribution in [2.45, 2.75) is 6.92 Å². The normalized spacial score (nSPS) is 10.1. The molecule has 0 aromatic heterocycles. The number of carbonyl (C=O) groups is 1. The second kappa shape index (κ2) is 6.91. The van der Waals surface area contributed by atoms with Crippen molar-refractivity contribution < 1.29 is 14.5 Å². The van der Waals surface area contributed by atoms with Gasteiger partial charge in [0.15, 0.2) is 0 Å². The SMILES string of the molecule is CCOc1ccc(NC(=O)c2ccc(Cl)cc2[N+](=O)[O-])cc1. The lowest BCUT2D eigenvalue weighted by atomic mass is 10.1. The van der Waals surface area contributed by atoms with E-state index in [0.29, 0.717) is 18.0 Å². The average molecular weight is 321 g/mol. The summed E-state index contributed by atoms with van der Waals surface area (Å²) < 4.78 is 5.30. The van der Waals surface area contributed by atoms with Crippen LogP contribution >= 0.6 is 11.6 Å². The number of nitro benzene ring substituents is 1. The number of nitro groups is 1. The Labute approximate surface area is 131 Å². The third kappa shape index (κ3) is 3.73. The molecule has 6 nitrogen and oxygen atoms in total. The predicted octanol–water partition coefficient (Wildman–Crippen LogP) is 3.90. The first-order chi connectivity index (χ1) is 10.5. The van der Waals surface area contributed by atoms with Crippen molar-refractivity contribution in [2.75, 3.05) is 11.9 Å². The second-order valence-corrected chi connectivity index (χ2v) is 4.77. The number of amides is 1. The largest absolute Gasteiger partial charge is 0.494 e. The highest BCUT2D eigenvalue weighted by Gasteiger charge is 2.20. The van der Waals surface area contributed by atoms with Gasteiger partial charge in [-0.05, 0) is 43.3 Å². The Morgan fingerprint density at radius 1 is 1.27 bits per heavy atom. The molecule has 0 saturated carbocycles.